The van der Waals surface area contributed by atoms with Crippen molar-refractivity contribution >= 4 is 75.1 Å². The van der Waals surface area contributed by atoms with Gasteiger partial charge < -0.3 is 4.42 Å². The van der Waals surface area contributed by atoms with E-state index in [0.29, 0.717) is 5.82 Å². The highest BCUT2D eigenvalue weighted by Crippen LogP contribution is 2.42. The molecule has 12 aromatic rings. The highest BCUT2D eigenvalue weighted by molar-refractivity contribution is 7.25. The summed E-state index contributed by atoms with van der Waals surface area (Å²) in [5, 5.41) is 8.00. The van der Waals surface area contributed by atoms with Gasteiger partial charge in [-0.05, 0) is 53.6 Å². The Balaban J connectivity index is 0.952. The van der Waals surface area contributed by atoms with E-state index in [1.165, 1.54) is 20.2 Å². The van der Waals surface area contributed by atoms with E-state index in [9.17, 15) is 0 Å². The van der Waals surface area contributed by atoms with E-state index in [1.54, 1.807) is 0 Å². The molecule has 0 atom stereocenters. The number of benzene rings is 8. The number of fused-ring (bicyclic) bond motifs is 10. The molecule has 0 aliphatic heterocycles. The molecular weight excluding hydrogens is 727 g/mol. The summed E-state index contributed by atoms with van der Waals surface area (Å²) in [7, 11) is 0. The van der Waals surface area contributed by atoms with Crippen molar-refractivity contribution in [1.29, 1.82) is 0 Å². The Morgan fingerprint density at radius 3 is 1.81 bits per heavy atom. The molecule has 58 heavy (non-hydrogen) atoms. The van der Waals surface area contributed by atoms with E-state index in [0.717, 1.165) is 94.1 Å². The van der Waals surface area contributed by atoms with Gasteiger partial charge in [-0.25, -0.2) is 15.0 Å². The van der Waals surface area contributed by atoms with Crippen LogP contribution in [0.4, 0.5) is 0 Å². The van der Waals surface area contributed by atoms with Crippen LogP contribution in [0.15, 0.2) is 192 Å². The van der Waals surface area contributed by atoms with Crippen LogP contribution in [0.2, 0.25) is 0 Å². The molecule has 0 amide bonds. The molecule has 12 rings (SSSR count). The third kappa shape index (κ3) is 5.32. The first-order valence-corrected chi connectivity index (χ1v) is 20.2. The van der Waals surface area contributed by atoms with E-state index in [2.05, 4.69) is 158 Å². The van der Waals surface area contributed by atoms with Crippen LogP contribution in [-0.4, -0.2) is 15.0 Å². The second-order valence-corrected chi connectivity index (χ2v) is 15.8. The van der Waals surface area contributed by atoms with Crippen LogP contribution in [0.3, 0.4) is 0 Å². The van der Waals surface area contributed by atoms with Crippen LogP contribution in [0.25, 0.3) is 120 Å². The Hall–Kier alpha value is -7.47. The van der Waals surface area contributed by atoms with Crippen molar-refractivity contribution in [3.05, 3.63) is 188 Å². The summed E-state index contributed by atoms with van der Waals surface area (Å²) in [6.07, 6.45) is 0. The molecule has 0 fully saturated rings. The zero-order valence-corrected chi connectivity index (χ0v) is 31.9. The molecular formula is C53H31N3OS. The number of aromatic nitrogens is 3. The van der Waals surface area contributed by atoms with Crippen LogP contribution < -0.4 is 0 Å². The van der Waals surface area contributed by atoms with Crippen LogP contribution >= 0.6 is 11.3 Å². The SMILES string of the molecule is c1ccc(-c2nc(-c3ccc(-c4ccc5oc6c(ccc7c(-c8ccccc8)nc8ccccc8c76)c5c4)cc3)cc(-c3ccc4c(c3)sc3ccccc34)n2)cc1. The summed E-state index contributed by atoms with van der Waals surface area (Å²) in [5.74, 6) is 0.706. The number of thiophene rings is 1. The molecule has 8 aromatic carbocycles. The zero-order valence-electron chi connectivity index (χ0n) is 31.1. The number of rotatable bonds is 5. The number of para-hydroxylation sites is 1. The summed E-state index contributed by atoms with van der Waals surface area (Å²) in [4.78, 5) is 15.4. The first-order chi connectivity index (χ1) is 28.7. The molecule has 5 heteroatoms. The smallest absolute Gasteiger partial charge is 0.160 e. The molecule has 0 aliphatic carbocycles. The maximum atomic E-state index is 6.73. The van der Waals surface area contributed by atoms with Gasteiger partial charge in [-0.15, -0.1) is 11.3 Å². The normalized spacial score (nSPS) is 11.8. The second kappa shape index (κ2) is 13.1. The molecule has 0 unspecified atom stereocenters. The van der Waals surface area contributed by atoms with Gasteiger partial charge in [0.25, 0.3) is 0 Å². The number of hydrogen-bond acceptors (Lipinski definition) is 5. The standard InChI is InChI=1S/C53H31N3OS/c1-3-11-34(12-4-1)51-42-27-26-40-43-29-36(24-28-47(43)57-52(40)50(42)41-16-7-9-17-44(41)54-51)32-19-21-33(22-20-32)45-31-46(56-53(55-45)35-13-5-2-6-14-35)37-23-25-39-38-15-8-10-18-48(38)58-49(39)30-37/h1-31H. The van der Waals surface area contributed by atoms with Gasteiger partial charge in [0, 0.05) is 69.4 Å². The molecule has 0 N–H and O–H groups in total. The fraction of sp³-hybridized carbons (Fsp3) is 0. The topological polar surface area (TPSA) is 51.8 Å². The number of furan rings is 1. The van der Waals surface area contributed by atoms with Crippen LogP contribution in [-0.2, 0) is 0 Å². The molecule has 270 valence electrons. The lowest BCUT2D eigenvalue weighted by Crippen LogP contribution is -1.95. The van der Waals surface area contributed by atoms with E-state index < -0.39 is 0 Å². The molecule has 0 aliphatic rings. The lowest BCUT2D eigenvalue weighted by molar-refractivity contribution is 0.673. The van der Waals surface area contributed by atoms with E-state index in [-0.39, 0.29) is 0 Å². The van der Waals surface area contributed by atoms with Crippen molar-refractivity contribution in [2.75, 3.05) is 0 Å². The fourth-order valence-corrected chi connectivity index (χ4v) is 9.59. The molecule has 0 saturated heterocycles. The van der Waals surface area contributed by atoms with E-state index in [1.807, 2.05) is 41.7 Å². The van der Waals surface area contributed by atoms with E-state index in [4.69, 9.17) is 19.4 Å². The summed E-state index contributed by atoms with van der Waals surface area (Å²) >= 11 is 1.82. The molecule has 4 nitrogen and oxygen atoms in total. The highest BCUT2D eigenvalue weighted by atomic mass is 32.1. The maximum Gasteiger partial charge on any atom is 0.160 e. The van der Waals surface area contributed by atoms with Gasteiger partial charge in [-0.1, -0.05) is 146 Å². The largest absolute Gasteiger partial charge is 0.455 e. The van der Waals surface area contributed by atoms with Crippen molar-refractivity contribution < 1.29 is 4.42 Å². The molecule has 4 aromatic heterocycles. The van der Waals surface area contributed by atoms with Crippen molar-refractivity contribution in [2.45, 2.75) is 0 Å². The van der Waals surface area contributed by atoms with Crippen LogP contribution in [0.5, 0.6) is 0 Å². The van der Waals surface area contributed by atoms with Gasteiger partial charge in [0.2, 0.25) is 0 Å². The maximum absolute atomic E-state index is 6.73. The van der Waals surface area contributed by atoms with Gasteiger partial charge in [0.15, 0.2) is 5.82 Å². The van der Waals surface area contributed by atoms with Gasteiger partial charge in [0.1, 0.15) is 11.2 Å². The van der Waals surface area contributed by atoms with Gasteiger partial charge in [-0.2, -0.15) is 0 Å². The predicted octanol–water partition coefficient (Wildman–Crippen LogP) is 14.8. The average molecular weight is 758 g/mol. The van der Waals surface area contributed by atoms with Crippen molar-refractivity contribution in [2.24, 2.45) is 0 Å². The Bertz CT molecular complexity index is 3550. The molecule has 0 bridgehead atoms. The third-order valence-electron chi connectivity index (χ3n) is 11.3. The third-order valence-corrected chi connectivity index (χ3v) is 12.4. The Morgan fingerprint density at radius 1 is 0.362 bits per heavy atom. The van der Waals surface area contributed by atoms with E-state index >= 15 is 0 Å². The second-order valence-electron chi connectivity index (χ2n) is 14.7. The molecule has 4 heterocycles. The zero-order chi connectivity index (χ0) is 38.2. The summed E-state index contributed by atoms with van der Waals surface area (Å²) in [6.45, 7) is 0. The average Bonchev–Trinajstić information content (AvgIpc) is 3.87. The van der Waals surface area contributed by atoms with Crippen molar-refractivity contribution in [3.63, 3.8) is 0 Å². The predicted molar refractivity (Wildman–Crippen MR) is 242 cm³/mol. The minimum absolute atomic E-state index is 0.706. The lowest BCUT2D eigenvalue weighted by atomic mass is 9.97. The van der Waals surface area contributed by atoms with Gasteiger partial charge >= 0.3 is 0 Å². The summed E-state index contributed by atoms with van der Waals surface area (Å²) < 4.78 is 9.27. The number of pyridine rings is 1. The monoisotopic (exact) mass is 757 g/mol. The Labute approximate surface area is 337 Å². The summed E-state index contributed by atoms with van der Waals surface area (Å²) in [5.41, 5.74) is 11.9. The van der Waals surface area contributed by atoms with Gasteiger partial charge in [-0.3, -0.25) is 0 Å². The number of hydrogen-bond donors (Lipinski definition) is 0. The number of nitrogens with zero attached hydrogens (tertiary/aromatic N) is 3. The minimum atomic E-state index is 0.706. The lowest BCUT2D eigenvalue weighted by Gasteiger charge is -2.10. The first kappa shape index (κ1) is 32.7. The summed E-state index contributed by atoms with van der Waals surface area (Å²) in [6, 6.07) is 66.0. The molecule has 0 saturated carbocycles. The van der Waals surface area contributed by atoms with Gasteiger partial charge in [0.05, 0.1) is 22.6 Å². The van der Waals surface area contributed by atoms with Crippen molar-refractivity contribution in [1.82, 2.24) is 15.0 Å². The quantitative estimate of drug-likeness (QED) is 0.164. The van der Waals surface area contributed by atoms with Crippen molar-refractivity contribution in [3.8, 4) is 56.3 Å². The molecule has 0 radical (unpaired) electrons. The first-order valence-electron chi connectivity index (χ1n) is 19.4. The fourth-order valence-electron chi connectivity index (χ4n) is 8.44. The van der Waals surface area contributed by atoms with Crippen LogP contribution in [0.1, 0.15) is 0 Å². The molecule has 0 spiro atoms. The highest BCUT2D eigenvalue weighted by Gasteiger charge is 2.18. The minimum Gasteiger partial charge on any atom is -0.455 e. The van der Waals surface area contributed by atoms with Crippen LogP contribution in [0, 0.1) is 0 Å². The Morgan fingerprint density at radius 2 is 0.983 bits per heavy atom. The Kier molecular flexibility index (Phi) is 7.37.